The average Bonchev–Trinajstić information content (AvgIpc) is 2.87. The van der Waals surface area contributed by atoms with E-state index in [0.29, 0.717) is 5.69 Å². The van der Waals surface area contributed by atoms with Gasteiger partial charge in [0.1, 0.15) is 0 Å². The number of anilines is 1. The molecule has 0 aliphatic heterocycles. The maximum absolute atomic E-state index is 11.3. The van der Waals surface area contributed by atoms with Gasteiger partial charge in [0.05, 0.1) is 17.1 Å². The standard InChI is InChI=1S/C13H18N4O2S/c1-3-17-9-11(8-15-17)10(2)16-12-5-4-6-13(7-12)20(14,18)19/h4-10,16H,3H2,1-2H3,(H2,14,18,19). The lowest BCUT2D eigenvalue weighted by atomic mass is 10.2. The minimum atomic E-state index is -3.68. The van der Waals surface area contributed by atoms with Gasteiger partial charge in [-0.1, -0.05) is 6.07 Å². The molecule has 0 radical (unpaired) electrons. The normalized spacial score (nSPS) is 13.2. The molecule has 2 rings (SSSR count). The Bertz CT molecular complexity index is 694. The monoisotopic (exact) mass is 294 g/mol. The number of hydrogen-bond donors (Lipinski definition) is 2. The Morgan fingerprint density at radius 1 is 1.45 bits per heavy atom. The summed E-state index contributed by atoms with van der Waals surface area (Å²) in [6.07, 6.45) is 3.76. The summed E-state index contributed by atoms with van der Waals surface area (Å²) in [5.41, 5.74) is 1.74. The van der Waals surface area contributed by atoms with Gasteiger partial charge in [-0.3, -0.25) is 4.68 Å². The number of nitrogens with one attached hydrogen (secondary N) is 1. The molecule has 0 aliphatic rings. The Morgan fingerprint density at radius 2 is 2.20 bits per heavy atom. The molecule has 0 amide bonds. The maximum Gasteiger partial charge on any atom is 0.238 e. The fourth-order valence-corrected chi connectivity index (χ4v) is 2.43. The molecule has 0 saturated carbocycles. The van der Waals surface area contributed by atoms with Crippen LogP contribution in [0.2, 0.25) is 0 Å². The number of rotatable bonds is 5. The molecule has 7 heteroatoms. The van der Waals surface area contributed by atoms with Crippen molar-refractivity contribution in [1.82, 2.24) is 9.78 Å². The Kier molecular flexibility index (Phi) is 4.10. The van der Waals surface area contributed by atoms with Crippen LogP contribution in [-0.2, 0) is 16.6 Å². The van der Waals surface area contributed by atoms with E-state index < -0.39 is 10.0 Å². The molecule has 1 aromatic heterocycles. The minimum Gasteiger partial charge on any atom is -0.378 e. The molecule has 0 fully saturated rings. The first-order valence-corrected chi connectivity index (χ1v) is 7.86. The second-order valence-electron chi connectivity index (χ2n) is 4.57. The number of nitrogens with zero attached hydrogens (tertiary/aromatic N) is 2. The lowest BCUT2D eigenvalue weighted by Crippen LogP contribution is -2.13. The summed E-state index contributed by atoms with van der Waals surface area (Å²) < 4.78 is 24.5. The van der Waals surface area contributed by atoms with Gasteiger partial charge >= 0.3 is 0 Å². The molecule has 20 heavy (non-hydrogen) atoms. The molecule has 0 aliphatic carbocycles. The number of primary sulfonamides is 1. The van der Waals surface area contributed by atoms with E-state index in [2.05, 4.69) is 10.4 Å². The van der Waals surface area contributed by atoms with E-state index in [1.54, 1.807) is 18.3 Å². The van der Waals surface area contributed by atoms with Crippen LogP contribution in [0.3, 0.4) is 0 Å². The summed E-state index contributed by atoms with van der Waals surface area (Å²) in [6, 6.07) is 6.47. The van der Waals surface area contributed by atoms with Gasteiger partial charge in [-0.15, -0.1) is 0 Å². The van der Waals surface area contributed by atoms with Crippen molar-refractivity contribution in [3.63, 3.8) is 0 Å². The second-order valence-corrected chi connectivity index (χ2v) is 6.13. The molecule has 2 aromatic rings. The van der Waals surface area contributed by atoms with Gasteiger partial charge in [-0.05, 0) is 32.0 Å². The molecule has 1 heterocycles. The van der Waals surface area contributed by atoms with Gasteiger partial charge in [0, 0.05) is 24.0 Å². The van der Waals surface area contributed by atoms with Crippen molar-refractivity contribution in [2.24, 2.45) is 5.14 Å². The van der Waals surface area contributed by atoms with E-state index in [4.69, 9.17) is 5.14 Å². The molecule has 0 spiro atoms. The van der Waals surface area contributed by atoms with Crippen LogP contribution in [0.15, 0.2) is 41.6 Å². The van der Waals surface area contributed by atoms with Crippen LogP contribution in [0, 0.1) is 0 Å². The zero-order chi connectivity index (χ0) is 14.8. The summed E-state index contributed by atoms with van der Waals surface area (Å²) in [7, 11) is -3.68. The van der Waals surface area contributed by atoms with Crippen molar-refractivity contribution in [1.29, 1.82) is 0 Å². The molecule has 1 unspecified atom stereocenters. The maximum atomic E-state index is 11.3. The fraction of sp³-hybridized carbons (Fsp3) is 0.308. The topological polar surface area (TPSA) is 90.0 Å². The summed E-state index contributed by atoms with van der Waals surface area (Å²) >= 11 is 0. The number of benzene rings is 1. The first-order chi connectivity index (χ1) is 9.40. The molecular formula is C13H18N4O2S. The summed E-state index contributed by atoms with van der Waals surface area (Å²) in [5, 5.41) is 12.6. The zero-order valence-electron chi connectivity index (χ0n) is 11.4. The molecule has 108 valence electrons. The molecule has 1 atom stereocenters. The largest absolute Gasteiger partial charge is 0.378 e. The van der Waals surface area contributed by atoms with Gasteiger partial charge in [0.15, 0.2) is 0 Å². The van der Waals surface area contributed by atoms with Crippen LogP contribution in [0.5, 0.6) is 0 Å². The Balaban J connectivity index is 2.17. The SMILES string of the molecule is CCn1cc(C(C)Nc2cccc(S(N)(=O)=O)c2)cn1. The number of nitrogens with two attached hydrogens (primary N) is 1. The second kappa shape index (κ2) is 5.64. The van der Waals surface area contributed by atoms with Crippen LogP contribution in [-0.4, -0.2) is 18.2 Å². The minimum absolute atomic E-state index is 0.0195. The third-order valence-electron chi connectivity index (χ3n) is 3.02. The summed E-state index contributed by atoms with van der Waals surface area (Å²) in [4.78, 5) is 0.0963. The molecule has 1 aromatic carbocycles. The molecule has 6 nitrogen and oxygen atoms in total. The first kappa shape index (κ1) is 14.5. The van der Waals surface area contributed by atoms with E-state index in [-0.39, 0.29) is 10.9 Å². The van der Waals surface area contributed by atoms with E-state index in [1.165, 1.54) is 12.1 Å². The fourth-order valence-electron chi connectivity index (χ4n) is 1.87. The van der Waals surface area contributed by atoms with E-state index in [1.807, 2.05) is 24.7 Å². The van der Waals surface area contributed by atoms with Crippen LogP contribution in [0.4, 0.5) is 5.69 Å². The molecule has 3 N–H and O–H groups in total. The van der Waals surface area contributed by atoms with Crippen LogP contribution >= 0.6 is 0 Å². The highest BCUT2D eigenvalue weighted by Gasteiger charge is 2.11. The van der Waals surface area contributed by atoms with Gasteiger partial charge < -0.3 is 5.32 Å². The van der Waals surface area contributed by atoms with Gasteiger partial charge in [-0.2, -0.15) is 5.10 Å². The third-order valence-corrected chi connectivity index (χ3v) is 3.93. The quantitative estimate of drug-likeness (QED) is 0.878. The van der Waals surface area contributed by atoms with E-state index in [9.17, 15) is 8.42 Å². The van der Waals surface area contributed by atoms with Gasteiger partial charge in [0.25, 0.3) is 0 Å². The number of aromatic nitrogens is 2. The number of hydrogen-bond acceptors (Lipinski definition) is 4. The average molecular weight is 294 g/mol. The molecule has 0 saturated heterocycles. The predicted octanol–water partition coefficient (Wildman–Crippen LogP) is 1.72. The highest BCUT2D eigenvalue weighted by Crippen LogP contribution is 2.20. The van der Waals surface area contributed by atoms with Gasteiger partial charge in [0.2, 0.25) is 10.0 Å². The van der Waals surface area contributed by atoms with Crippen molar-refractivity contribution in [2.75, 3.05) is 5.32 Å². The van der Waals surface area contributed by atoms with Crippen molar-refractivity contribution >= 4 is 15.7 Å². The van der Waals surface area contributed by atoms with E-state index >= 15 is 0 Å². The van der Waals surface area contributed by atoms with Crippen molar-refractivity contribution in [2.45, 2.75) is 31.3 Å². The number of aryl methyl sites for hydroxylation is 1. The van der Waals surface area contributed by atoms with Crippen LogP contribution in [0.25, 0.3) is 0 Å². The number of sulfonamides is 1. The summed E-state index contributed by atoms with van der Waals surface area (Å²) in [5.74, 6) is 0. The zero-order valence-corrected chi connectivity index (χ0v) is 12.3. The lowest BCUT2D eigenvalue weighted by Gasteiger charge is -2.14. The van der Waals surface area contributed by atoms with Crippen LogP contribution < -0.4 is 10.5 Å². The lowest BCUT2D eigenvalue weighted by molar-refractivity contribution is 0.598. The first-order valence-electron chi connectivity index (χ1n) is 6.32. The Labute approximate surface area is 118 Å². The predicted molar refractivity (Wildman–Crippen MR) is 77.8 cm³/mol. The molecular weight excluding hydrogens is 276 g/mol. The Hall–Kier alpha value is -1.86. The summed E-state index contributed by atoms with van der Waals surface area (Å²) in [6.45, 7) is 4.82. The van der Waals surface area contributed by atoms with Crippen molar-refractivity contribution in [3.8, 4) is 0 Å². The molecule has 0 bridgehead atoms. The highest BCUT2D eigenvalue weighted by molar-refractivity contribution is 7.89. The highest BCUT2D eigenvalue weighted by atomic mass is 32.2. The van der Waals surface area contributed by atoms with Crippen molar-refractivity contribution < 1.29 is 8.42 Å². The van der Waals surface area contributed by atoms with Crippen LogP contribution in [0.1, 0.15) is 25.5 Å². The van der Waals surface area contributed by atoms with Gasteiger partial charge in [-0.25, -0.2) is 13.6 Å². The van der Waals surface area contributed by atoms with E-state index in [0.717, 1.165) is 12.1 Å². The smallest absolute Gasteiger partial charge is 0.238 e. The van der Waals surface area contributed by atoms with Crippen molar-refractivity contribution in [3.05, 3.63) is 42.2 Å². The third kappa shape index (κ3) is 3.37. The Morgan fingerprint density at radius 3 is 2.80 bits per heavy atom.